The fraction of sp³-hybridized carbons (Fsp3) is 0.750. The molecule has 1 aliphatic carbocycles. The van der Waals surface area contributed by atoms with Gasteiger partial charge in [0.25, 0.3) is 0 Å². The van der Waals surface area contributed by atoms with Gasteiger partial charge in [-0.2, -0.15) is 17.6 Å². The van der Waals surface area contributed by atoms with E-state index in [1.807, 2.05) is 0 Å². The summed E-state index contributed by atoms with van der Waals surface area (Å²) in [5.74, 6) is -9.14. The summed E-state index contributed by atoms with van der Waals surface area (Å²) in [5.41, 5.74) is 0.574. The molecule has 1 fully saturated rings. The Morgan fingerprint density at radius 2 is 2.13 bits per heavy atom. The van der Waals surface area contributed by atoms with Crippen LogP contribution in [0.4, 0.5) is 17.6 Å². The second kappa shape index (κ2) is 2.93. The minimum atomic E-state index is -3.92. The maximum absolute atomic E-state index is 12.9. The van der Waals surface area contributed by atoms with E-state index in [1.165, 1.54) is 10.9 Å². The molecular formula is C8H9F4N3. The summed E-state index contributed by atoms with van der Waals surface area (Å²) in [4.78, 5) is 0. The predicted octanol–water partition coefficient (Wildman–Crippen LogP) is 1.88. The van der Waals surface area contributed by atoms with Crippen LogP contribution in [0.3, 0.4) is 0 Å². The highest BCUT2D eigenvalue weighted by Crippen LogP contribution is 2.55. The molecule has 2 rings (SSSR count). The van der Waals surface area contributed by atoms with Crippen LogP contribution in [0.1, 0.15) is 12.1 Å². The van der Waals surface area contributed by atoms with Crippen molar-refractivity contribution in [2.45, 2.75) is 31.7 Å². The highest BCUT2D eigenvalue weighted by Gasteiger charge is 2.71. The third kappa shape index (κ3) is 1.49. The van der Waals surface area contributed by atoms with Crippen LogP contribution in [-0.4, -0.2) is 26.8 Å². The van der Waals surface area contributed by atoms with Crippen LogP contribution < -0.4 is 0 Å². The number of aryl methyl sites for hydroxylation is 1. The Hall–Kier alpha value is -1.14. The van der Waals surface area contributed by atoms with E-state index in [1.54, 1.807) is 6.92 Å². The summed E-state index contributed by atoms with van der Waals surface area (Å²) in [7, 11) is 0. The molecule has 0 aromatic carbocycles. The van der Waals surface area contributed by atoms with Crippen LogP contribution in [0.25, 0.3) is 0 Å². The highest BCUT2D eigenvalue weighted by atomic mass is 19.3. The quantitative estimate of drug-likeness (QED) is 0.716. The molecule has 1 aliphatic rings. The normalized spacial score (nSPS) is 27.4. The molecule has 15 heavy (non-hydrogen) atoms. The average molecular weight is 223 g/mol. The molecule has 1 atom stereocenters. The number of aromatic nitrogens is 3. The number of halogens is 4. The second-order valence-corrected chi connectivity index (χ2v) is 3.81. The topological polar surface area (TPSA) is 30.7 Å². The van der Waals surface area contributed by atoms with E-state index in [2.05, 4.69) is 10.3 Å². The van der Waals surface area contributed by atoms with E-state index < -0.39 is 24.2 Å². The van der Waals surface area contributed by atoms with Gasteiger partial charge in [-0.25, -0.2) is 0 Å². The van der Waals surface area contributed by atoms with Crippen molar-refractivity contribution < 1.29 is 17.6 Å². The van der Waals surface area contributed by atoms with E-state index in [9.17, 15) is 17.6 Å². The standard InChI is InChI=1S/C8H9F4N3/c1-5-3-15(14-13-5)4-6-2-7(9,10)8(6,11)12/h3,6H,2,4H2,1H3. The van der Waals surface area contributed by atoms with Crippen LogP contribution in [0.15, 0.2) is 6.20 Å². The number of hydrogen-bond donors (Lipinski definition) is 0. The summed E-state index contributed by atoms with van der Waals surface area (Å²) in [5, 5.41) is 7.13. The van der Waals surface area contributed by atoms with Crippen LogP contribution in [0.2, 0.25) is 0 Å². The van der Waals surface area contributed by atoms with Gasteiger partial charge < -0.3 is 0 Å². The molecule has 1 saturated carbocycles. The van der Waals surface area contributed by atoms with E-state index in [0.29, 0.717) is 5.69 Å². The van der Waals surface area contributed by atoms with Gasteiger partial charge >= 0.3 is 11.8 Å². The van der Waals surface area contributed by atoms with Crippen LogP contribution in [0.5, 0.6) is 0 Å². The first-order valence-corrected chi connectivity index (χ1v) is 4.45. The van der Waals surface area contributed by atoms with Crippen molar-refractivity contribution in [3.05, 3.63) is 11.9 Å². The minimum absolute atomic E-state index is 0.219. The summed E-state index contributed by atoms with van der Waals surface area (Å²) in [6.07, 6.45) is 0.658. The van der Waals surface area contributed by atoms with Crippen molar-refractivity contribution in [1.29, 1.82) is 0 Å². The van der Waals surface area contributed by atoms with Crippen molar-refractivity contribution >= 4 is 0 Å². The zero-order valence-corrected chi connectivity index (χ0v) is 7.92. The Labute approximate surface area is 83.1 Å². The molecule has 0 spiro atoms. The second-order valence-electron chi connectivity index (χ2n) is 3.81. The number of hydrogen-bond acceptors (Lipinski definition) is 2. The van der Waals surface area contributed by atoms with Crippen molar-refractivity contribution in [1.82, 2.24) is 15.0 Å². The third-order valence-corrected chi connectivity index (χ3v) is 2.56. The third-order valence-electron chi connectivity index (χ3n) is 2.56. The van der Waals surface area contributed by atoms with Crippen molar-refractivity contribution in [3.63, 3.8) is 0 Å². The van der Waals surface area contributed by atoms with Crippen molar-refractivity contribution in [2.24, 2.45) is 5.92 Å². The molecule has 1 heterocycles. The molecule has 1 unspecified atom stereocenters. The molecule has 0 radical (unpaired) electrons. The number of nitrogens with zero attached hydrogens (tertiary/aromatic N) is 3. The molecule has 7 heteroatoms. The maximum Gasteiger partial charge on any atom is 0.314 e. The zero-order valence-electron chi connectivity index (χ0n) is 7.92. The maximum atomic E-state index is 12.9. The molecule has 0 bridgehead atoms. The van der Waals surface area contributed by atoms with Crippen molar-refractivity contribution in [2.75, 3.05) is 0 Å². The lowest BCUT2D eigenvalue weighted by molar-refractivity contribution is -0.316. The first kappa shape index (κ1) is 10.4. The Morgan fingerprint density at radius 3 is 2.53 bits per heavy atom. The Bertz CT molecular complexity index is 374. The summed E-state index contributed by atoms with van der Waals surface area (Å²) < 4.78 is 51.8. The SMILES string of the molecule is Cc1cn(CC2CC(F)(F)C2(F)F)nn1. The molecule has 3 nitrogen and oxygen atoms in total. The molecule has 0 N–H and O–H groups in total. The monoisotopic (exact) mass is 223 g/mol. The van der Waals surface area contributed by atoms with Crippen LogP contribution in [0, 0.1) is 12.8 Å². The van der Waals surface area contributed by atoms with Gasteiger partial charge in [-0.15, -0.1) is 5.10 Å². The predicted molar refractivity (Wildman–Crippen MR) is 42.8 cm³/mol. The summed E-state index contributed by atoms with van der Waals surface area (Å²) in [6, 6.07) is 0. The lowest BCUT2D eigenvalue weighted by atomic mass is 9.77. The molecule has 0 amide bonds. The van der Waals surface area contributed by atoms with Crippen LogP contribution in [-0.2, 0) is 6.54 Å². The largest absolute Gasteiger partial charge is 0.314 e. The summed E-state index contributed by atoms with van der Waals surface area (Å²) in [6.45, 7) is 1.43. The molecule has 0 saturated heterocycles. The van der Waals surface area contributed by atoms with Crippen LogP contribution >= 0.6 is 0 Å². The van der Waals surface area contributed by atoms with Gasteiger partial charge in [-0.05, 0) is 6.92 Å². The molecule has 84 valence electrons. The van der Waals surface area contributed by atoms with E-state index in [4.69, 9.17) is 0 Å². The van der Waals surface area contributed by atoms with Gasteiger partial charge in [0.15, 0.2) is 0 Å². The minimum Gasteiger partial charge on any atom is -0.252 e. The zero-order chi connectivity index (χ0) is 11.3. The van der Waals surface area contributed by atoms with E-state index >= 15 is 0 Å². The van der Waals surface area contributed by atoms with Gasteiger partial charge in [-0.1, -0.05) is 5.21 Å². The highest BCUT2D eigenvalue weighted by molar-refractivity contribution is 5.03. The number of alkyl halides is 4. The first-order valence-electron chi connectivity index (χ1n) is 4.45. The van der Waals surface area contributed by atoms with Crippen molar-refractivity contribution in [3.8, 4) is 0 Å². The van der Waals surface area contributed by atoms with Gasteiger partial charge in [0.05, 0.1) is 18.2 Å². The fourth-order valence-corrected chi connectivity index (χ4v) is 1.63. The Balaban J connectivity index is 2.04. The van der Waals surface area contributed by atoms with Gasteiger partial charge in [0.1, 0.15) is 0 Å². The lowest BCUT2D eigenvalue weighted by Crippen LogP contribution is -2.59. The molecule has 1 aromatic heterocycles. The lowest BCUT2D eigenvalue weighted by Gasteiger charge is -2.43. The molecular weight excluding hydrogens is 214 g/mol. The smallest absolute Gasteiger partial charge is 0.252 e. The fourth-order valence-electron chi connectivity index (χ4n) is 1.63. The molecule has 1 aromatic rings. The number of rotatable bonds is 2. The Kier molecular flexibility index (Phi) is 2.03. The summed E-state index contributed by atoms with van der Waals surface area (Å²) >= 11 is 0. The van der Waals surface area contributed by atoms with Gasteiger partial charge in [0, 0.05) is 12.6 Å². The first-order chi connectivity index (χ1) is 6.83. The average Bonchev–Trinajstić information content (AvgIpc) is 2.50. The molecule has 0 aliphatic heterocycles. The Morgan fingerprint density at radius 1 is 1.47 bits per heavy atom. The van der Waals surface area contributed by atoms with Gasteiger partial charge in [0.2, 0.25) is 0 Å². The van der Waals surface area contributed by atoms with E-state index in [-0.39, 0.29) is 6.54 Å². The van der Waals surface area contributed by atoms with E-state index in [0.717, 1.165) is 0 Å². The van der Waals surface area contributed by atoms with Gasteiger partial charge in [-0.3, -0.25) is 4.68 Å².